The molecule has 0 bridgehead atoms. The Balaban J connectivity index is 1.64. The van der Waals surface area contributed by atoms with Crippen molar-refractivity contribution in [2.45, 2.75) is 6.61 Å². The number of halogens is 1. The van der Waals surface area contributed by atoms with Gasteiger partial charge in [-0.25, -0.2) is 9.78 Å². The van der Waals surface area contributed by atoms with Crippen molar-refractivity contribution in [2.24, 2.45) is 0 Å². The van der Waals surface area contributed by atoms with Crippen molar-refractivity contribution in [3.63, 3.8) is 0 Å². The number of carbonyl (C=O) groups is 1. The van der Waals surface area contributed by atoms with Gasteiger partial charge in [-0.05, 0) is 33.4 Å². The van der Waals surface area contributed by atoms with E-state index in [4.69, 9.17) is 4.74 Å². The first-order valence-corrected chi connectivity index (χ1v) is 8.58. The largest absolute Gasteiger partial charge is 0.456 e. The molecular formula is C14H9BrN2O2S2. The van der Waals surface area contributed by atoms with Crippen LogP contribution in [0.3, 0.4) is 0 Å². The third-order valence-corrected chi connectivity index (χ3v) is 4.67. The Morgan fingerprint density at radius 3 is 3.00 bits per heavy atom. The number of rotatable bonds is 4. The van der Waals surface area contributed by atoms with Crippen LogP contribution in [0.4, 0.5) is 0 Å². The summed E-state index contributed by atoms with van der Waals surface area (Å²) in [5.41, 5.74) is 2.26. The topological polar surface area (TPSA) is 52.1 Å². The summed E-state index contributed by atoms with van der Waals surface area (Å²) in [6, 6.07) is 3.69. The number of aromatic nitrogens is 2. The van der Waals surface area contributed by atoms with Gasteiger partial charge in [0, 0.05) is 33.2 Å². The highest BCUT2D eigenvalue weighted by molar-refractivity contribution is 9.10. The van der Waals surface area contributed by atoms with Crippen molar-refractivity contribution in [3.05, 3.63) is 56.4 Å². The first-order chi connectivity index (χ1) is 10.2. The van der Waals surface area contributed by atoms with Gasteiger partial charge in [0.2, 0.25) is 0 Å². The van der Waals surface area contributed by atoms with E-state index in [1.54, 1.807) is 34.9 Å². The standard InChI is InChI=1S/C14H9BrN2O2S2/c15-11-3-10(4-16-5-11)14(18)19-6-12-8-21-13(17-12)9-1-2-20-7-9/h1-5,7-8H,6H2. The highest BCUT2D eigenvalue weighted by Gasteiger charge is 2.10. The maximum Gasteiger partial charge on any atom is 0.340 e. The minimum Gasteiger partial charge on any atom is -0.456 e. The van der Waals surface area contributed by atoms with Crippen molar-refractivity contribution in [2.75, 3.05) is 0 Å². The normalized spacial score (nSPS) is 10.5. The zero-order valence-electron chi connectivity index (χ0n) is 10.7. The minimum atomic E-state index is -0.408. The Morgan fingerprint density at radius 1 is 1.33 bits per heavy atom. The number of hydrogen-bond acceptors (Lipinski definition) is 6. The lowest BCUT2D eigenvalue weighted by Gasteiger charge is -2.02. The van der Waals surface area contributed by atoms with Gasteiger partial charge in [-0.2, -0.15) is 11.3 Å². The molecule has 0 radical (unpaired) electrons. The second-order valence-corrected chi connectivity index (χ2v) is 6.68. The molecule has 0 amide bonds. The van der Waals surface area contributed by atoms with E-state index < -0.39 is 5.97 Å². The lowest BCUT2D eigenvalue weighted by molar-refractivity contribution is 0.0468. The molecule has 0 unspecified atom stereocenters. The number of carbonyl (C=O) groups excluding carboxylic acids is 1. The fourth-order valence-electron chi connectivity index (χ4n) is 1.64. The van der Waals surface area contributed by atoms with E-state index in [1.165, 1.54) is 6.20 Å². The summed E-state index contributed by atoms with van der Waals surface area (Å²) in [5, 5.41) is 6.89. The van der Waals surface area contributed by atoms with Crippen LogP contribution in [-0.4, -0.2) is 15.9 Å². The average Bonchev–Trinajstić information content (AvgIpc) is 3.15. The van der Waals surface area contributed by atoms with Crippen LogP contribution in [-0.2, 0) is 11.3 Å². The number of thiazole rings is 1. The summed E-state index contributed by atoms with van der Waals surface area (Å²) in [4.78, 5) is 20.3. The summed E-state index contributed by atoms with van der Waals surface area (Å²) in [6.45, 7) is 0.159. The Labute approximate surface area is 137 Å². The number of esters is 1. The molecule has 0 aliphatic carbocycles. The number of pyridine rings is 1. The van der Waals surface area contributed by atoms with Crippen LogP contribution in [0.1, 0.15) is 16.1 Å². The number of ether oxygens (including phenoxy) is 1. The highest BCUT2D eigenvalue weighted by Crippen LogP contribution is 2.26. The zero-order chi connectivity index (χ0) is 14.7. The third-order valence-electron chi connectivity index (χ3n) is 2.61. The molecule has 0 atom stereocenters. The molecule has 0 saturated heterocycles. The number of hydrogen-bond donors (Lipinski definition) is 0. The van der Waals surface area contributed by atoms with Gasteiger partial charge in [0.1, 0.15) is 11.6 Å². The predicted octanol–water partition coefficient (Wildman–Crippen LogP) is 4.39. The molecule has 3 heterocycles. The van der Waals surface area contributed by atoms with Crippen LogP contribution < -0.4 is 0 Å². The summed E-state index contributed by atoms with van der Waals surface area (Å²) < 4.78 is 5.99. The second kappa shape index (κ2) is 6.46. The quantitative estimate of drug-likeness (QED) is 0.629. The van der Waals surface area contributed by atoms with Crippen LogP contribution in [0.2, 0.25) is 0 Å². The molecule has 0 aliphatic rings. The Bertz CT molecular complexity index is 756. The van der Waals surface area contributed by atoms with Gasteiger partial charge in [-0.3, -0.25) is 4.98 Å². The van der Waals surface area contributed by atoms with E-state index in [0.29, 0.717) is 5.56 Å². The molecule has 21 heavy (non-hydrogen) atoms. The first kappa shape index (κ1) is 14.4. The maximum atomic E-state index is 11.9. The van der Waals surface area contributed by atoms with Crippen molar-refractivity contribution in [3.8, 4) is 10.6 Å². The van der Waals surface area contributed by atoms with Gasteiger partial charge in [-0.15, -0.1) is 11.3 Å². The van der Waals surface area contributed by atoms with E-state index in [9.17, 15) is 4.79 Å². The Morgan fingerprint density at radius 2 is 2.24 bits per heavy atom. The average molecular weight is 381 g/mol. The monoisotopic (exact) mass is 380 g/mol. The molecule has 0 N–H and O–H groups in total. The van der Waals surface area contributed by atoms with Crippen molar-refractivity contribution >= 4 is 44.6 Å². The fourth-order valence-corrected chi connectivity index (χ4v) is 3.52. The molecule has 4 nitrogen and oxygen atoms in total. The number of nitrogens with zero attached hydrogens (tertiary/aromatic N) is 2. The third kappa shape index (κ3) is 3.55. The SMILES string of the molecule is O=C(OCc1csc(-c2ccsc2)n1)c1cncc(Br)c1. The van der Waals surface area contributed by atoms with Crippen LogP contribution >= 0.6 is 38.6 Å². The molecule has 106 valence electrons. The molecule has 0 spiro atoms. The molecule has 0 aromatic carbocycles. The van der Waals surface area contributed by atoms with Crippen LogP contribution in [0, 0.1) is 0 Å². The summed E-state index contributed by atoms with van der Waals surface area (Å²) in [5.74, 6) is -0.408. The minimum absolute atomic E-state index is 0.159. The summed E-state index contributed by atoms with van der Waals surface area (Å²) in [6.07, 6.45) is 3.09. The van der Waals surface area contributed by atoms with Gasteiger partial charge in [-0.1, -0.05) is 0 Å². The fraction of sp³-hybridized carbons (Fsp3) is 0.0714. The van der Waals surface area contributed by atoms with E-state index in [0.717, 1.165) is 20.7 Å². The van der Waals surface area contributed by atoms with Gasteiger partial charge < -0.3 is 4.74 Å². The number of thiophene rings is 1. The van der Waals surface area contributed by atoms with E-state index in [2.05, 4.69) is 25.9 Å². The van der Waals surface area contributed by atoms with Crippen molar-refractivity contribution < 1.29 is 9.53 Å². The van der Waals surface area contributed by atoms with E-state index >= 15 is 0 Å². The molecule has 3 rings (SSSR count). The summed E-state index contributed by atoms with van der Waals surface area (Å²) >= 11 is 6.44. The van der Waals surface area contributed by atoms with Crippen molar-refractivity contribution in [1.29, 1.82) is 0 Å². The lowest BCUT2D eigenvalue weighted by Crippen LogP contribution is -2.05. The molecule has 0 aliphatic heterocycles. The molecular weight excluding hydrogens is 372 g/mol. The first-order valence-electron chi connectivity index (χ1n) is 5.97. The van der Waals surface area contributed by atoms with Crippen LogP contribution in [0.15, 0.2) is 45.1 Å². The van der Waals surface area contributed by atoms with Gasteiger partial charge in [0.25, 0.3) is 0 Å². The maximum absolute atomic E-state index is 11.9. The van der Waals surface area contributed by atoms with E-state index in [-0.39, 0.29) is 6.61 Å². The van der Waals surface area contributed by atoms with Gasteiger partial charge in [0.15, 0.2) is 0 Å². The highest BCUT2D eigenvalue weighted by atomic mass is 79.9. The molecule has 3 aromatic heterocycles. The zero-order valence-corrected chi connectivity index (χ0v) is 13.9. The molecule has 0 fully saturated rings. The molecule has 3 aromatic rings. The Kier molecular flexibility index (Phi) is 4.42. The van der Waals surface area contributed by atoms with Gasteiger partial charge >= 0.3 is 5.97 Å². The van der Waals surface area contributed by atoms with Gasteiger partial charge in [0.05, 0.1) is 11.3 Å². The van der Waals surface area contributed by atoms with E-state index in [1.807, 2.05) is 22.2 Å². The van der Waals surface area contributed by atoms with Crippen LogP contribution in [0.25, 0.3) is 10.6 Å². The van der Waals surface area contributed by atoms with Crippen molar-refractivity contribution in [1.82, 2.24) is 9.97 Å². The predicted molar refractivity (Wildman–Crippen MR) is 86.5 cm³/mol. The second-order valence-electron chi connectivity index (χ2n) is 4.12. The summed E-state index contributed by atoms with van der Waals surface area (Å²) in [7, 11) is 0. The molecule has 0 saturated carbocycles. The smallest absolute Gasteiger partial charge is 0.340 e. The van der Waals surface area contributed by atoms with Crippen LogP contribution in [0.5, 0.6) is 0 Å². The lowest BCUT2D eigenvalue weighted by atomic mass is 10.3. The Hall–Kier alpha value is -1.57. The molecule has 7 heteroatoms.